The first-order valence-corrected chi connectivity index (χ1v) is 12.3. The van der Waals surface area contributed by atoms with E-state index in [0.717, 1.165) is 5.56 Å². The van der Waals surface area contributed by atoms with Gasteiger partial charge in [-0.05, 0) is 36.2 Å². The molecule has 1 atom stereocenters. The summed E-state index contributed by atoms with van der Waals surface area (Å²) in [6, 6.07) is 25.4. The normalized spacial score (nSPS) is 13.1. The maximum atomic E-state index is 12.5. The summed E-state index contributed by atoms with van der Waals surface area (Å²) in [6.45, 7) is -0.111. The van der Waals surface area contributed by atoms with Gasteiger partial charge in [0.1, 0.15) is 0 Å². The smallest absolute Gasteiger partial charge is 0.266 e. The van der Waals surface area contributed by atoms with Crippen molar-refractivity contribution in [2.24, 2.45) is 5.92 Å². The van der Waals surface area contributed by atoms with E-state index in [0.29, 0.717) is 6.42 Å². The Labute approximate surface area is 177 Å². The van der Waals surface area contributed by atoms with Gasteiger partial charge in [-0.1, -0.05) is 66.7 Å². The van der Waals surface area contributed by atoms with Crippen LogP contribution >= 0.6 is 0 Å². The van der Waals surface area contributed by atoms with Crippen LogP contribution < -0.4 is 4.72 Å². The molecule has 0 aliphatic carbocycles. The summed E-state index contributed by atoms with van der Waals surface area (Å²) in [6.07, 6.45) is 0.461. The van der Waals surface area contributed by atoms with Crippen LogP contribution in [0.25, 0.3) is 0 Å². The summed E-state index contributed by atoms with van der Waals surface area (Å²) in [5.74, 6) is -0.385. The van der Waals surface area contributed by atoms with Gasteiger partial charge in [-0.3, -0.25) is 4.18 Å². The third kappa shape index (κ3) is 6.24. The zero-order valence-corrected chi connectivity index (χ0v) is 17.8. The summed E-state index contributed by atoms with van der Waals surface area (Å²) in [5.41, 5.74) is 0.960. The number of sulfonamides is 1. The fourth-order valence-electron chi connectivity index (χ4n) is 2.89. The summed E-state index contributed by atoms with van der Waals surface area (Å²) in [5, 5.41) is 0. The van der Waals surface area contributed by atoms with E-state index in [1.807, 2.05) is 30.3 Å². The lowest BCUT2D eigenvalue weighted by Gasteiger charge is -2.18. The Bertz CT molecular complexity index is 1060. The van der Waals surface area contributed by atoms with Crippen molar-refractivity contribution in [3.05, 3.63) is 96.6 Å². The largest absolute Gasteiger partial charge is 0.296 e. The Hall–Kier alpha value is -2.52. The van der Waals surface area contributed by atoms with Crippen LogP contribution in [0.15, 0.2) is 101 Å². The predicted molar refractivity (Wildman–Crippen MR) is 115 cm³/mol. The Kier molecular flexibility index (Phi) is 7.38. The van der Waals surface area contributed by atoms with Gasteiger partial charge >= 0.3 is 0 Å². The van der Waals surface area contributed by atoms with Crippen molar-refractivity contribution in [2.45, 2.75) is 16.2 Å². The quantitative estimate of drug-likeness (QED) is 0.484. The lowest BCUT2D eigenvalue weighted by molar-refractivity contribution is 0.253. The maximum absolute atomic E-state index is 12.5. The highest BCUT2D eigenvalue weighted by molar-refractivity contribution is 7.89. The van der Waals surface area contributed by atoms with Crippen LogP contribution in [0.4, 0.5) is 0 Å². The Morgan fingerprint density at radius 3 is 1.77 bits per heavy atom. The molecule has 30 heavy (non-hydrogen) atoms. The van der Waals surface area contributed by atoms with E-state index in [9.17, 15) is 16.8 Å². The predicted octanol–water partition coefficient (Wildman–Crippen LogP) is 3.23. The van der Waals surface area contributed by atoms with Crippen LogP contribution in [0.3, 0.4) is 0 Å². The molecule has 6 nitrogen and oxygen atoms in total. The summed E-state index contributed by atoms with van der Waals surface area (Å²) in [7, 11) is -7.64. The molecule has 0 aliphatic heterocycles. The average Bonchev–Trinajstić information content (AvgIpc) is 2.77. The molecule has 0 spiro atoms. The molecule has 3 aromatic carbocycles. The van der Waals surface area contributed by atoms with Crippen LogP contribution in [0.5, 0.6) is 0 Å². The van der Waals surface area contributed by atoms with E-state index >= 15 is 0 Å². The molecule has 0 heterocycles. The molecule has 158 valence electrons. The first-order valence-electron chi connectivity index (χ1n) is 9.40. The van der Waals surface area contributed by atoms with Gasteiger partial charge in [0.25, 0.3) is 10.1 Å². The monoisotopic (exact) mass is 445 g/mol. The summed E-state index contributed by atoms with van der Waals surface area (Å²) in [4.78, 5) is 0.217. The highest BCUT2D eigenvalue weighted by atomic mass is 32.2. The van der Waals surface area contributed by atoms with Crippen molar-refractivity contribution >= 4 is 20.1 Å². The van der Waals surface area contributed by atoms with Gasteiger partial charge in [0, 0.05) is 12.5 Å². The number of hydrogen-bond donors (Lipinski definition) is 1. The molecule has 0 saturated heterocycles. The molecule has 3 rings (SSSR count). The SMILES string of the molecule is O=S(=O)(NCC(COS(=O)(=O)c1ccccc1)Cc1ccccc1)c1ccccc1. The number of benzene rings is 3. The van der Waals surface area contributed by atoms with Crippen LogP contribution in [0.2, 0.25) is 0 Å². The minimum atomic E-state index is -3.93. The van der Waals surface area contributed by atoms with Gasteiger partial charge in [-0.15, -0.1) is 0 Å². The maximum Gasteiger partial charge on any atom is 0.296 e. The lowest BCUT2D eigenvalue weighted by Crippen LogP contribution is -2.33. The Morgan fingerprint density at radius 1 is 0.700 bits per heavy atom. The zero-order valence-electron chi connectivity index (χ0n) is 16.2. The number of nitrogens with one attached hydrogen (secondary N) is 1. The van der Waals surface area contributed by atoms with E-state index in [1.165, 1.54) is 24.3 Å². The fourth-order valence-corrected chi connectivity index (χ4v) is 5.02. The van der Waals surface area contributed by atoms with E-state index in [2.05, 4.69) is 4.72 Å². The molecule has 0 aromatic heterocycles. The highest BCUT2D eigenvalue weighted by Crippen LogP contribution is 2.16. The van der Waals surface area contributed by atoms with Crippen LogP contribution in [-0.4, -0.2) is 30.0 Å². The molecular formula is C22H23NO5S2. The standard InChI is InChI=1S/C22H23NO5S2/c24-29(25,21-12-6-2-7-13-21)23-17-20(16-19-10-4-1-5-11-19)18-28-30(26,27)22-14-8-3-9-15-22/h1-15,20,23H,16-18H2. The molecule has 0 saturated carbocycles. The van der Waals surface area contributed by atoms with Gasteiger partial charge in [-0.25, -0.2) is 13.1 Å². The fraction of sp³-hybridized carbons (Fsp3) is 0.182. The van der Waals surface area contributed by atoms with Crippen molar-refractivity contribution in [1.29, 1.82) is 0 Å². The van der Waals surface area contributed by atoms with Gasteiger partial charge in [0.05, 0.1) is 16.4 Å². The second-order valence-electron chi connectivity index (χ2n) is 6.77. The second kappa shape index (κ2) is 9.99. The van der Waals surface area contributed by atoms with Crippen LogP contribution in [0, 0.1) is 5.92 Å². The molecule has 0 radical (unpaired) electrons. The molecule has 0 aliphatic rings. The number of rotatable bonds is 10. The molecule has 1 N–H and O–H groups in total. The lowest BCUT2D eigenvalue weighted by atomic mass is 10.0. The molecular weight excluding hydrogens is 422 g/mol. The Morgan fingerprint density at radius 2 is 1.20 bits per heavy atom. The van der Waals surface area contributed by atoms with Gasteiger partial charge in [0.2, 0.25) is 10.0 Å². The van der Waals surface area contributed by atoms with Crippen molar-refractivity contribution < 1.29 is 21.0 Å². The van der Waals surface area contributed by atoms with E-state index in [1.54, 1.807) is 36.4 Å². The molecule has 3 aromatic rings. The van der Waals surface area contributed by atoms with Crippen molar-refractivity contribution in [2.75, 3.05) is 13.2 Å². The highest BCUT2D eigenvalue weighted by Gasteiger charge is 2.21. The number of hydrogen-bond acceptors (Lipinski definition) is 5. The minimum Gasteiger partial charge on any atom is -0.266 e. The Balaban J connectivity index is 1.72. The molecule has 0 bridgehead atoms. The van der Waals surface area contributed by atoms with Crippen LogP contribution in [0.1, 0.15) is 5.56 Å². The summed E-state index contributed by atoms with van der Waals surface area (Å²) < 4.78 is 57.8. The third-order valence-corrected chi connectivity index (χ3v) is 7.21. The van der Waals surface area contributed by atoms with E-state index in [4.69, 9.17) is 4.18 Å². The zero-order chi connectivity index (χ0) is 21.5. The topological polar surface area (TPSA) is 89.5 Å². The minimum absolute atomic E-state index is 0.0381. The van der Waals surface area contributed by atoms with Crippen LogP contribution in [-0.2, 0) is 30.7 Å². The molecule has 1 unspecified atom stereocenters. The molecule has 0 amide bonds. The summed E-state index contributed by atoms with van der Waals surface area (Å²) >= 11 is 0. The first kappa shape index (κ1) is 22.2. The third-order valence-electron chi connectivity index (χ3n) is 4.47. The van der Waals surface area contributed by atoms with Gasteiger partial charge in [0.15, 0.2) is 0 Å². The van der Waals surface area contributed by atoms with Crippen molar-refractivity contribution in [3.63, 3.8) is 0 Å². The first-order chi connectivity index (χ1) is 14.4. The van der Waals surface area contributed by atoms with Gasteiger partial charge < -0.3 is 0 Å². The average molecular weight is 446 g/mol. The van der Waals surface area contributed by atoms with Crippen molar-refractivity contribution in [1.82, 2.24) is 4.72 Å². The van der Waals surface area contributed by atoms with Gasteiger partial charge in [-0.2, -0.15) is 8.42 Å². The van der Waals surface area contributed by atoms with E-state index in [-0.39, 0.29) is 28.9 Å². The van der Waals surface area contributed by atoms with E-state index < -0.39 is 20.1 Å². The molecule has 8 heteroatoms. The van der Waals surface area contributed by atoms with Crippen molar-refractivity contribution in [3.8, 4) is 0 Å². The second-order valence-corrected chi connectivity index (χ2v) is 10.2. The molecule has 0 fully saturated rings.